The van der Waals surface area contributed by atoms with Gasteiger partial charge in [-0.3, -0.25) is 0 Å². The molecule has 1 aliphatic heterocycles. The second-order valence-corrected chi connectivity index (χ2v) is 6.31. The molecule has 0 amide bonds. The molecule has 0 saturated carbocycles. The largest absolute Gasteiger partial charge is 0.493 e. The highest BCUT2D eigenvalue weighted by atomic mass is 35.5. The van der Waals surface area contributed by atoms with Gasteiger partial charge in [-0.25, -0.2) is 4.68 Å². The van der Waals surface area contributed by atoms with Crippen LogP contribution in [0.25, 0.3) is 0 Å². The molecular formula is C16H21ClN4O2. The van der Waals surface area contributed by atoms with Crippen LogP contribution in [0.2, 0.25) is 5.02 Å². The zero-order valence-electron chi connectivity index (χ0n) is 13.1. The van der Waals surface area contributed by atoms with Crippen LogP contribution in [0.5, 0.6) is 5.75 Å². The molecule has 6 nitrogen and oxygen atoms in total. The average Bonchev–Trinajstić information content (AvgIpc) is 2.92. The molecule has 1 aromatic carbocycles. The van der Waals surface area contributed by atoms with Crippen molar-refractivity contribution in [1.29, 1.82) is 0 Å². The minimum absolute atomic E-state index is 0.121. The Labute approximate surface area is 140 Å². The van der Waals surface area contributed by atoms with Crippen LogP contribution < -0.4 is 10.1 Å². The van der Waals surface area contributed by atoms with Crippen LogP contribution in [-0.2, 0) is 6.54 Å². The van der Waals surface area contributed by atoms with E-state index in [-0.39, 0.29) is 6.04 Å². The van der Waals surface area contributed by atoms with E-state index in [1.807, 2.05) is 19.1 Å². The summed E-state index contributed by atoms with van der Waals surface area (Å²) in [6, 6.07) is 3.99. The fourth-order valence-electron chi connectivity index (χ4n) is 2.93. The van der Waals surface area contributed by atoms with Crippen LogP contribution >= 0.6 is 11.6 Å². The first-order chi connectivity index (χ1) is 11.1. The summed E-state index contributed by atoms with van der Waals surface area (Å²) in [5.74, 6) is 0.912. The average molecular weight is 337 g/mol. The van der Waals surface area contributed by atoms with Crippen molar-refractivity contribution < 1.29 is 9.84 Å². The molecule has 0 fully saturated rings. The van der Waals surface area contributed by atoms with Gasteiger partial charge < -0.3 is 15.2 Å². The van der Waals surface area contributed by atoms with Crippen molar-refractivity contribution in [2.24, 2.45) is 0 Å². The summed E-state index contributed by atoms with van der Waals surface area (Å²) in [6.45, 7) is 3.59. The number of hydrogen-bond acceptors (Lipinski definition) is 5. The predicted molar refractivity (Wildman–Crippen MR) is 87.7 cm³/mol. The van der Waals surface area contributed by atoms with Gasteiger partial charge in [0, 0.05) is 29.4 Å². The molecule has 0 saturated heterocycles. The smallest absolute Gasteiger partial charge is 0.127 e. The molecule has 2 N–H and O–H groups in total. The zero-order chi connectivity index (χ0) is 16.2. The van der Waals surface area contributed by atoms with Crippen LogP contribution in [0, 0.1) is 6.92 Å². The minimum atomic E-state index is -0.537. The second kappa shape index (κ2) is 7.29. The minimum Gasteiger partial charge on any atom is -0.493 e. The maximum Gasteiger partial charge on any atom is 0.127 e. The van der Waals surface area contributed by atoms with Crippen LogP contribution in [0.3, 0.4) is 0 Å². The Hall–Kier alpha value is -1.63. The quantitative estimate of drug-likeness (QED) is 0.875. The van der Waals surface area contributed by atoms with E-state index in [2.05, 4.69) is 15.6 Å². The number of fused-ring (bicyclic) bond motifs is 1. The number of nitrogens with one attached hydrogen (secondary N) is 1. The Balaban J connectivity index is 1.68. The normalized spacial score (nSPS) is 18.8. The first-order valence-electron chi connectivity index (χ1n) is 7.82. The summed E-state index contributed by atoms with van der Waals surface area (Å²) >= 11 is 6.21. The molecule has 0 radical (unpaired) electrons. The number of ether oxygens (including phenoxy) is 1. The van der Waals surface area contributed by atoms with E-state index in [0.29, 0.717) is 24.7 Å². The van der Waals surface area contributed by atoms with Crippen molar-refractivity contribution in [2.75, 3.05) is 13.2 Å². The highest BCUT2D eigenvalue weighted by Gasteiger charge is 2.22. The van der Waals surface area contributed by atoms with Crippen molar-refractivity contribution in [3.63, 3.8) is 0 Å². The van der Waals surface area contributed by atoms with Gasteiger partial charge in [0.05, 0.1) is 25.5 Å². The van der Waals surface area contributed by atoms with Gasteiger partial charge in [0.2, 0.25) is 0 Å². The summed E-state index contributed by atoms with van der Waals surface area (Å²) in [6.07, 6.45) is 4.71. The van der Waals surface area contributed by atoms with Gasteiger partial charge in [-0.05, 0) is 37.5 Å². The molecule has 124 valence electrons. The standard InChI is InChI=1S/C16H21ClN4O2/c1-11-7-12(17)8-14-15(3-2-6-23-16(11)14)18-9-13(22)10-21-5-4-19-20-21/h4-5,7-8,13,15,18,22H,2-3,6,9-10H2,1H3. The van der Waals surface area contributed by atoms with Crippen molar-refractivity contribution in [3.05, 3.63) is 40.7 Å². The highest BCUT2D eigenvalue weighted by Crippen LogP contribution is 2.36. The number of aliphatic hydroxyl groups is 1. The van der Waals surface area contributed by atoms with E-state index in [4.69, 9.17) is 16.3 Å². The maximum atomic E-state index is 10.2. The van der Waals surface area contributed by atoms with Gasteiger partial charge in [-0.2, -0.15) is 0 Å². The number of rotatable bonds is 5. The number of halogens is 1. The third-order valence-electron chi connectivity index (χ3n) is 4.00. The van der Waals surface area contributed by atoms with Gasteiger partial charge in [-0.1, -0.05) is 16.8 Å². The van der Waals surface area contributed by atoms with Crippen LogP contribution in [0.4, 0.5) is 0 Å². The SMILES string of the molecule is Cc1cc(Cl)cc2c1OCCCC2NCC(O)Cn1ccnn1. The maximum absolute atomic E-state index is 10.2. The van der Waals surface area contributed by atoms with Gasteiger partial charge in [0.1, 0.15) is 5.75 Å². The van der Waals surface area contributed by atoms with Crippen molar-refractivity contribution >= 4 is 11.6 Å². The molecule has 1 aromatic heterocycles. The van der Waals surface area contributed by atoms with Crippen LogP contribution in [0.15, 0.2) is 24.5 Å². The Morgan fingerprint density at radius 3 is 3.17 bits per heavy atom. The van der Waals surface area contributed by atoms with Crippen LogP contribution in [0.1, 0.15) is 30.0 Å². The highest BCUT2D eigenvalue weighted by molar-refractivity contribution is 6.30. The molecule has 23 heavy (non-hydrogen) atoms. The number of aryl methyl sites for hydroxylation is 1. The van der Waals surface area contributed by atoms with Gasteiger partial charge in [0.25, 0.3) is 0 Å². The molecule has 3 rings (SSSR count). The summed E-state index contributed by atoms with van der Waals surface area (Å²) in [4.78, 5) is 0. The third-order valence-corrected chi connectivity index (χ3v) is 4.21. The van der Waals surface area contributed by atoms with Crippen molar-refractivity contribution in [1.82, 2.24) is 20.3 Å². The zero-order valence-corrected chi connectivity index (χ0v) is 13.8. The third kappa shape index (κ3) is 4.02. The molecule has 2 atom stereocenters. The van der Waals surface area contributed by atoms with Gasteiger partial charge in [0.15, 0.2) is 0 Å². The molecule has 0 aliphatic carbocycles. The lowest BCUT2D eigenvalue weighted by Crippen LogP contribution is -2.33. The summed E-state index contributed by atoms with van der Waals surface area (Å²) < 4.78 is 7.50. The lowest BCUT2D eigenvalue weighted by molar-refractivity contribution is 0.141. The number of benzene rings is 1. The first kappa shape index (κ1) is 16.2. The summed E-state index contributed by atoms with van der Waals surface area (Å²) in [7, 11) is 0. The van der Waals surface area contributed by atoms with E-state index in [0.717, 1.165) is 29.7 Å². The molecule has 0 bridgehead atoms. The topological polar surface area (TPSA) is 72.2 Å². The molecule has 7 heteroatoms. The van der Waals surface area contributed by atoms with Crippen LogP contribution in [-0.4, -0.2) is 39.4 Å². The Morgan fingerprint density at radius 2 is 2.39 bits per heavy atom. The monoisotopic (exact) mass is 336 g/mol. The number of aromatic nitrogens is 3. The fourth-order valence-corrected chi connectivity index (χ4v) is 3.21. The molecule has 2 aromatic rings. The number of aliphatic hydroxyl groups excluding tert-OH is 1. The van der Waals surface area contributed by atoms with Crippen molar-refractivity contribution in [3.8, 4) is 5.75 Å². The van der Waals surface area contributed by atoms with Crippen molar-refractivity contribution in [2.45, 2.75) is 38.5 Å². The molecule has 2 unspecified atom stereocenters. The predicted octanol–water partition coefficient (Wildman–Crippen LogP) is 2.10. The Bertz CT molecular complexity index is 648. The first-order valence-corrected chi connectivity index (χ1v) is 8.19. The molecule has 1 aliphatic rings. The van der Waals surface area contributed by atoms with E-state index in [1.54, 1.807) is 17.1 Å². The molecule has 0 spiro atoms. The Morgan fingerprint density at radius 1 is 1.52 bits per heavy atom. The van der Waals surface area contributed by atoms with E-state index >= 15 is 0 Å². The van der Waals surface area contributed by atoms with Gasteiger partial charge in [-0.15, -0.1) is 5.10 Å². The summed E-state index contributed by atoms with van der Waals surface area (Å²) in [5, 5.41) is 21.9. The molecular weight excluding hydrogens is 316 g/mol. The van der Waals surface area contributed by atoms with Gasteiger partial charge >= 0.3 is 0 Å². The van der Waals surface area contributed by atoms with E-state index in [1.165, 1.54) is 0 Å². The number of nitrogens with zero attached hydrogens (tertiary/aromatic N) is 3. The lowest BCUT2D eigenvalue weighted by atomic mass is 9.99. The van der Waals surface area contributed by atoms with E-state index < -0.39 is 6.10 Å². The lowest BCUT2D eigenvalue weighted by Gasteiger charge is -2.21. The molecule has 2 heterocycles. The fraction of sp³-hybridized carbons (Fsp3) is 0.500. The summed E-state index contributed by atoms with van der Waals surface area (Å²) in [5.41, 5.74) is 2.12. The second-order valence-electron chi connectivity index (χ2n) is 5.87. The number of hydrogen-bond donors (Lipinski definition) is 2. The Kier molecular flexibility index (Phi) is 5.15. The van der Waals surface area contributed by atoms with E-state index in [9.17, 15) is 5.11 Å².